The SMILES string of the molecule is N#Cc1cc(-c2cc(-n3c4ccccc4c4cc(-c5nc(-c6ccccc6)nc(-c6ccccc6)n5)ccc43)c(C#N)c(-n3c4ccccc4c4cc(-c5nc(-c6ccccc6)nc(-c6ccccc6)n5)ccc43)c2)cc(C(F)(F)F)c1. The van der Waals surface area contributed by atoms with Crippen molar-refractivity contribution in [1.82, 2.24) is 39.0 Å². The number of para-hydroxylation sites is 2. The lowest BCUT2D eigenvalue weighted by Gasteiger charge is -2.19. The van der Waals surface area contributed by atoms with Gasteiger partial charge in [-0.25, -0.2) is 29.9 Å². The first-order valence-corrected chi connectivity index (χ1v) is 26.2. The maximum atomic E-state index is 14.8. The molecule has 4 heterocycles. The fraction of sp³-hybridized carbons (Fsp3) is 0.0145. The van der Waals surface area contributed by atoms with Crippen molar-refractivity contribution in [1.29, 1.82) is 10.5 Å². The van der Waals surface area contributed by atoms with Crippen molar-refractivity contribution in [2.45, 2.75) is 6.18 Å². The third kappa shape index (κ3) is 8.63. The summed E-state index contributed by atoms with van der Waals surface area (Å²) in [6, 6.07) is 77.7. The molecular formula is C69H39F3N10. The number of halogens is 3. The molecule has 386 valence electrons. The number of alkyl halides is 3. The Labute approximate surface area is 466 Å². The fourth-order valence-corrected chi connectivity index (χ4v) is 10.9. The Hall–Kier alpha value is -11.4. The molecule has 0 saturated heterocycles. The van der Waals surface area contributed by atoms with Crippen molar-refractivity contribution in [2.75, 3.05) is 0 Å². The number of nitrogens with zero attached hydrogens (tertiary/aromatic N) is 10. The van der Waals surface area contributed by atoms with Gasteiger partial charge in [-0.1, -0.05) is 158 Å². The minimum atomic E-state index is -4.76. The zero-order valence-electron chi connectivity index (χ0n) is 43.1. The highest BCUT2D eigenvalue weighted by atomic mass is 19.4. The highest BCUT2D eigenvalue weighted by Crippen LogP contribution is 2.43. The second-order valence-electron chi connectivity index (χ2n) is 19.7. The molecule has 4 aromatic heterocycles. The van der Waals surface area contributed by atoms with Crippen LogP contribution >= 0.6 is 0 Å². The van der Waals surface area contributed by atoms with Gasteiger partial charge in [-0.3, -0.25) is 0 Å². The second kappa shape index (κ2) is 19.8. The zero-order chi connectivity index (χ0) is 55.5. The monoisotopic (exact) mass is 1060 g/mol. The molecule has 0 fully saturated rings. The van der Waals surface area contributed by atoms with Gasteiger partial charge in [0.2, 0.25) is 0 Å². The van der Waals surface area contributed by atoms with Crippen LogP contribution < -0.4 is 0 Å². The molecule has 0 bridgehead atoms. The molecule has 0 aliphatic carbocycles. The van der Waals surface area contributed by atoms with Crippen molar-refractivity contribution < 1.29 is 13.2 Å². The van der Waals surface area contributed by atoms with Gasteiger partial charge < -0.3 is 9.13 Å². The molecule has 10 aromatic carbocycles. The van der Waals surface area contributed by atoms with Crippen LogP contribution in [0.15, 0.2) is 237 Å². The van der Waals surface area contributed by atoms with Crippen LogP contribution in [-0.2, 0) is 6.18 Å². The number of nitriles is 2. The minimum Gasteiger partial charge on any atom is -0.308 e. The Morgan fingerprint density at radius 2 is 0.646 bits per heavy atom. The van der Waals surface area contributed by atoms with Crippen molar-refractivity contribution >= 4 is 43.6 Å². The molecule has 0 amide bonds. The summed E-state index contributed by atoms with van der Waals surface area (Å²) >= 11 is 0. The van der Waals surface area contributed by atoms with Gasteiger partial charge in [0, 0.05) is 54.9 Å². The number of rotatable bonds is 9. The van der Waals surface area contributed by atoms with E-state index in [-0.39, 0.29) is 16.7 Å². The molecule has 82 heavy (non-hydrogen) atoms. The Balaban J connectivity index is 1.01. The summed E-state index contributed by atoms with van der Waals surface area (Å²) in [5.41, 5.74) is 7.98. The van der Waals surface area contributed by atoms with Crippen LogP contribution in [0.25, 0.3) is 134 Å². The molecule has 0 radical (unpaired) electrons. The largest absolute Gasteiger partial charge is 0.416 e. The van der Waals surface area contributed by atoms with Gasteiger partial charge in [-0.05, 0) is 90.0 Å². The molecule has 0 saturated carbocycles. The molecule has 14 rings (SSSR count). The van der Waals surface area contributed by atoms with Crippen LogP contribution in [0.1, 0.15) is 16.7 Å². The molecule has 0 aliphatic heterocycles. The summed E-state index contributed by atoms with van der Waals surface area (Å²) in [7, 11) is 0. The van der Waals surface area contributed by atoms with Crippen LogP contribution in [0.3, 0.4) is 0 Å². The van der Waals surface area contributed by atoms with E-state index in [0.29, 0.717) is 74.0 Å². The smallest absolute Gasteiger partial charge is 0.308 e. The van der Waals surface area contributed by atoms with Crippen molar-refractivity contribution in [2.24, 2.45) is 0 Å². The standard InChI is InChI=1S/C69H39F3N10/c70-69(71,72)51-34-42(40-73)33-49(35-51)50-38-61(81-57-27-15-13-25-52(57)54-36-47(29-31-59(54)81)67-77-63(43-17-5-1-6-18-43)75-64(78-67)44-19-7-2-8-20-44)56(41-74)62(39-50)82-58-28-16-14-26-53(58)55-37-48(30-32-60(55)82)68-79-65(45-21-9-3-10-22-45)76-66(80-68)46-23-11-4-12-24-46/h1-39H. The summed E-state index contributed by atoms with van der Waals surface area (Å²) in [6.45, 7) is 0. The quantitative estimate of drug-likeness (QED) is 0.139. The Morgan fingerprint density at radius 3 is 1.01 bits per heavy atom. The molecule has 13 heteroatoms. The average molecular weight is 1070 g/mol. The summed E-state index contributed by atoms with van der Waals surface area (Å²) < 4.78 is 48.3. The predicted octanol–water partition coefficient (Wildman–Crippen LogP) is 16.7. The lowest BCUT2D eigenvalue weighted by molar-refractivity contribution is -0.137. The Morgan fingerprint density at radius 1 is 0.305 bits per heavy atom. The minimum absolute atomic E-state index is 0.140. The number of hydrogen-bond acceptors (Lipinski definition) is 8. The molecule has 0 aliphatic rings. The summed E-state index contributed by atoms with van der Waals surface area (Å²) in [5, 5.41) is 25.2. The third-order valence-electron chi connectivity index (χ3n) is 14.7. The van der Waals surface area contributed by atoms with E-state index in [1.165, 1.54) is 6.07 Å². The van der Waals surface area contributed by atoms with Gasteiger partial charge >= 0.3 is 6.18 Å². The Bertz CT molecular complexity index is 4550. The second-order valence-corrected chi connectivity index (χ2v) is 19.7. The molecule has 0 atom stereocenters. The van der Waals surface area contributed by atoms with Crippen LogP contribution in [0, 0.1) is 22.7 Å². The Kier molecular flexibility index (Phi) is 11.8. The normalized spacial score (nSPS) is 11.6. The first-order valence-electron chi connectivity index (χ1n) is 26.2. The molecule has 0 N–H and O–H groups in total. The maximum absolute atomic E-state index is 14.8. The topological polar surface area (TPSA) is 135 Å². The van der Waals surface area contributed by atoms with Crippen LogP contribution in [0.2, 0.25) is 0 Å². The lowest BCUT2D eigenvalue weighted by Crippen LogP contribution is -2.07. The van der Waals surface area contributed by atoms with E-state index in [9.17, 15) is 23.7 Å². The van der Waals surface area contributed by atoms with Gasteiger partial charge in [0.1, 0.15) is 11.6 Å². The van der Waals surface area contributed by atoms with E-state index < -0.39 is 11.7 Å². The molecule has 0 unspecified atom stereocenters. The van der Waals surface area contributed by atoms with Gasteiger partial charge in [0.25, 0.3) is 0 Å². The van der Waals surface area contributed by atoms with E-state index in [1.54, 1.807) is 12.1 Å². The summed E-state index contributed by atoms with van der Waals surface area (Å²) in [6.07, 6.45) is -4.76. The van der Waals surface area contributed by atoms with Crippen LogP contribution in [-0.4, -0.2) is 39.0 Å². The van der Waals surface area contributed by atoms with Gasteiger partial charge in [-0.2, -0.15) is 23.7 Å². The molecule has 0 spiro atoms. The molecule has 10 nitrogen and oxygen atoms in total. The average Bonchev–Trinajstić information content (AvgIpc) is 4.27. The van der Waals surface area contributed by atoms with Crippen molar-refractivity contribution in [3.63, 3.8) is 0 Å². The summed E-state index contributed by atoms with van der Waals surface area (Å²) in [4.78, 5) is 29.9. The van der Waals surface area contributed by atoms with E-state index in [2.05, 4.69) is 6.07 Å². The van der Waals surface area contributed by atoms with Gasteiger partial charge in [0.05, 0.1) is 50.6 Å². The molecular weight excluding hydrogens is 1030 g/mol. The van der Waals surface area contributed by atoms with Crippen molar-refractivity contribution in [3.05, 3.63) is 253 Å². The number of aromatic nitrogens is 8. The van der Waals surface area contributed by atoms with Crippen LogP contribution in [0.4, 0.5) is 13.2 Å². The van der Waals surface area contributed by atoms with E-state index >= 15 is 0 Å². The van der Waals surface area contributed by atoms with E-state index in [0.717, 1.165) is 67.0 Å². The van der Waals surface area contributed by atoms with Gasteiger partial charge in [-0.15, -0.1) is 0 Å². The van der Waals surface area contributed by atoms with Gasteiger partial charge in [0.15, 0.2) is 34.9 Å². The highest BCUT2D eigenvalue weighted by molar-refractivity contribution is 6.12. The number of benzene rings is 10. The van der Waals surface area contributed by atoms with E-state index in [4.69, 9.17) is 29.9 Å². The third-order valence-corrected chi connectivity index (χ3v) is 14.7. The number of hydrogen-bond donors (Lipinski definition) is 0. The molecule has 14 aromatic rings. The first kappa shape index (κ1) is 48.9. The fourth-order valence-electron chi connectivity index (χ4n) is 10.9. The number of fused-ring (bicyclic) bond motifs is 6. The summed E-state index contributed by atoms with van der Waals surface area (Å²) in [5.74, 6) is 2.92. The first-order chi connectivity index (χ1) is 40.2. The van der Waals surface area contributed by atoms with Crippen molar-refractivity contribution in [3.8, 4) is 103 Å². The lowest BCUT2D eigenvalue weighted by atomic mass is 9.96. The highest BCUT2D eigenvalue weighted by Gasteiger charge is 2.32. The maximum Gasteiger partial charge on any atom is 0.416 e. The predicted molar refractivity (Wildman–Crippen MR) is 314 cm³/mol. The van der Waals surface area contributed by atoms with Crippen LogP contribution in [0.5, 0.6) is 0 Å². The van der Waals surface area contributed by atoms with E-state index in [1.807, 2.05) is 221 Å². The zero-order valence-corrected chi connectivity index (χ0v) is 43.1.